The molecule has 1 aliphatic carbocycles. The monoisotopic (exact) mass is 460 g/mol. The summed E-state index contributed by atoms with van der Waals surface area (Å²) in [4.78, 5) is 29.5. The van der Waals surface area contributed by atoms with Crippen LogP contribution >= 0.6 is 0 Å². The van der Waals surface area contributed by atoms with Crippen LogP contribution in [0.15, 0.2) is 59.8 Å². The summed E-state index contributed by atoms with van der Waals surface area (Å²) in [5, 5.41) is 3.57. The van der Waals surface area contributed by atoms with E-state index in [-0.39, 0.29) is 17.1 Å². The van der Waals surface area contributed by atoms with Gasteiger partial charge in [-0.15, -0.1) is 0 Å². The average molecular weight is 461 g/mol. The molecule has 0 radical (unpaired) electrons. The minimum atomic E-state index is -0.536. The predicted molar refractivity (Wildman–Crippen MR) is 137 cm³/mol. The molecule has 5 nitrogen and oxygen atoms in total. The van der Waals surface area contributed by atoms with E-state index < -0.39 is 6.04 Å². The Morgan fingerprint density at radius 3 is 2.56 bits per heavy atom. The number of ketones is 1. The fraction of sp³-hybridized carbons (Fsp3) is 0.448. The number of para-hydroxylation sites is 3. The van der Waals surface area contributed by atoms with E-state index >= 15 is 0 Å². The van der Waals surface area contributed by atoms with Gasteiger partial charge >= 0.3 is 0 Å². The lowest BCUT2D eigenvalue weighted by Gasteiger charge is -2.37. The highest BCUT2D eigenvalue weighted by Crippen LogP contribution is 2.49. The number of carbonyl (C=O) groups excluding carboxylic acids is 2. The first-order chi connectivity index (χ1) is 16.4. The number of anilines is 2. The van der Waals surface area contributed by atoms with E-state index in [4.69, 9.17) is 4.74 Å². The molecule has 180 valence electrons. The van der Waals surface area contributed by atoms with Gasteiger partial charge in [-0.05, 0) is 43.4 Å². The van der Waals surface area contributed by atoms with Gasteiger partial charge in [0, 0.05) is 29.7 Å². The Bertz CT molecular complexity index is 1100. The number of nitrogens with zero attached hydrogens (tertiary/aromatic N) is 1. The summed E-state index contributed by atoms with van der Waals surface area (Å²) in [7, 11) is 0. The molecule has 5 heteroatoms. The Morgan fingerprint density at radius 1 is 1.06 bits per heavy atom. The van der Waals surface area contributed by atoms with Crippen molar-refractivity contribution >= 4 is 23.1 Å². The molecule has 2 aromatic carbocycles. The summed E-state index contributed by atoms with van der Waals surface area (Å²) in [5.74, 6) is 0.838. The molecule has 0 saturated heterocycles. The van der Waals surface area contributed by atoms with Crippen LogP contribution in [0, 0.1) is 5.41 Å². The standard InChI is InChI=1S/C29H36N2O3/c1-5-7-8-17-26(33)31-23-15-11-10-14-21(23)30-22-18-29(3,4)19-24(32)27(22)28(31)20-13-9-12-16-25(20)34-6-2/h9-16,28,30H,5-8,17-19H2,1-4H3. The maximum atomic E-state index is 13.9. The molecule has 1 aliphatic heterocycles. The molecule has 1 atom stereocenters. The van der Waals surface area contributed by atoms with Gasteiger partial charge in [-0.25, -0.2) is 0 Å². The number of unbranched alkanes of at least 4 members (excludes halogenated alkanes) is 2. The van der Waals surface area contributed by atoms with Crippen molar-refractivity contribution in [2.75, 3.05) is 16.8 Å². The summed E-state index contributed by atoms with van der Waals surface area (Å²) in [5.41, 5.74) is 3.97. The highest BCUT2D eigenvalue weighted by Gasteiger charge is 2.43. The number of hydrogen-bond donors (Lipinski definition) is 1. The zero-order chi connectivity index (χ0) is 24.3. The smallest absolute Gasteiger partial charge is 0.227 e. The molecule has 2 aliphatic rings. The van der Waals surface area contributed by atoms with Crippen molar-refractivity contribution in [1.82, 2.24) is 0 Å². The Kier molecular flexibility index (Phi) is 7.11. The quantitative estimate of drug-likeness (QED) is 0.461. The number of benzene rings is 2. The fourth-order valence-corrected chi connectivity index (χ4v) is 5.20. The summed E-state index contributed by atoms with van der Waals surface area (Å²) in [6, 6.07) is 15.2. The van der Waals surface area contributed by atoms with E-state index in [1.807, 2.05) is 60.4 Å². The van der Waals surface area contributed by atoms with Crippen LogP contribution in [0.5, 0.6) is 5.75 Å². The minimum Gasteiger partial charge on any atom is -0.494 e. The van der Waals surface area contributed by atoms with Crippen LogP contribution in [0.1, 0.15) is 77.8 Å². The zero-order valence-corrected chi connectivity index (χ0v) is 20.8. The van der Waals surface area contributed by atoms with Crippen molar-refractivity contribution in [1.29, 1.82) is 0 Å². The Morgan fingerprint density at radius 2 is 1.79 bits per heavy atom. The molecule has 34 heavy (non-hydrogen) atoms. The van der Waals surface area contributed by atoms with E-state index in [0.29, 0.717) is 30.8 Å². The van der Waals surface area contributed by atoms with Crippen molar-refractivity contribution in [2.24, 2.45) is 5.41 Å². The molecular weight excluding hydrogens is 424 g/mol. The maximum absolute atomic E-state index is 13.9. The number of rotatable bonds is 7. The van der Waals surface area contributed by atoms with Crippen LogP contribution in [0.2, 0.25) is 0 Å². The third-order valence-corrected chi connectivity index (χ3v) is 6.68. The van der Waals surface area contributed by atoms with Gasteiger partial charge < -0.3 is 10.1 Å². The second-order valence-corrected chi connectivity index (χ2v) is 10.1. The summed E-state index contributed by atoms with van der Waals surface area (Å²) in [6.07, 6.45) is 4.51. The number of Topliss-reactive ketones (excluding diaryl/α,β-unsaturated/α-hetero) is 1. The van der Waals surface area contributed by atoms with Crippen molar-refractivity contribution in [2.45, 2.75) is 72.3 Å². The molecule has 0 aromatic heterocycles. The van der Waals surface area contributed by atoms with E-state index in [0.717, 1.165) is 48.3 Å². The molecule has 0 spiro atoms. The number of ether oxygens (including phenoxy) is 1. The molecule has 1 unspecified atom stereocenters. The van der Waals surface area contributed by atoms with Crippen LogP contribution in [-0.2, 0) is 9.59 Å². The summed E-state index contributed by atoms with van der Waals surface area (Å²) >= 11 is 0. The first kappa shape index (κ1) is 24.1. The zero-order valence-electron chi connectivity index (χ0n) is 20.8. The fourth-order valence-electron chi connectivity index (χ4n) is 5.20. The lowest BCUT2D eigenvalue weighted by atomic mass is 9.73. The topological polar surface area (TPSA) is 58.6 Å². The second kappa shape index (κ2) is 10.0. The SMILES string of the molecule is CCCCCC(=O)N1c2ccccc2NC2=C(C(=O)CC(C)(C)C2)C1c1ccccc1OCC. The Balaban J connectivity index is 1.96. The van der Waals surface area contributed by atoms with E-state index in [9.17, 15) is 9.59 Å². The second-order valence-electron chi connectivity index (χ2n) is 10.1. The van der Waals surface area contributed by atoms with Gasteiger partial charge in [0.25, 0.3) is 0 Å². The molecule has 0 bridgehead atoms. The van der Waals surface area contributed by atoms with Crippen LogP contribution in [0.4, 0.5) is 11.4 Å². The number of carbonyl (C=O) groups is 2. The third-order valence-electron chi connectivity index (χ3n) is 6.68. The molecular formula is C29H36N2O3. The van der Waals surface area contributed by atoms with Gasteiger partial charge in [-0.3, -0.25) is 14.5 Å². The van der Waals surface area contributed by atoms with Gasteiger partial charge in [0.2, 0.25) is 5.91 Å². The highest BCUT2D eigenvalue weighted by molar-refractivity contribution is 6.06. The largest absolute Gasteiger partial charge is 0.494 e. The molecule has 1 amide bonds. The van der Waals surface area contributed by atoms with Gasteiger partial charge in [0.15, 0.2) is 5.78 Å². The molecule has 2 aromatic rings. The van der Waals surface area contributed by atoms with Crippen molar-refractivity contribution < 1.29 is 14.3 Å². The molecule has 0 fully saturated rings. The van der Waals surface area contributed by atoms with Crippen molar-refractivity contribution in [3.05, 3.63) is 65.4 Å². The lowest BCUT2D eigenvalue weighted by molar-refractivity contribution is -0.119. The molecule has 4 rings (SSSR count). The number of allylic oxidation sites excluding steroid dienone is 1. The Labute approximate surface area is 203 Å². The first-order valence-corrected chi connectivity index (χ1v) is 12.5. The van der Waals surface area contributed by atoms with Gasteiger partial charge in [0.1, 0.15) is 5.75 Å². The van der Waals surface area contributed by atoms with E-state index in [1.165, 1.54) is 0 Å². The minimum absolute atomic E-state index is 0.0328. The maximum Gasteiger partial charge on any atom is 0.227 e. The van der Waals surface area contributed by atoms with Crippen LogP contribution in [0.25, 0.3) is 0 Å². The van der Waals surface area contributed by atoms with Crippen molar-refractivity contribution in [3.8, 4) is 5.75 Å². The van der Waals surface area contributed by atoms with Crippen LogP contribution in [-0.4, -0.2) is 18.3 Å². The highest BCUT2D eigenvalue weighted by atomic mass is 16.5. The number of amides is 1. The molecule has 1 N–H and O–H groups in total. The number of hydrogen-bond acceptors (Lipinski definition) is 4. The summed E-state index contributed by atoms with van der Waals surface area (Å²) < 4.78 is 6.01. The lowest BCUT2D eigenvalue weighted by Crippen LogP contribution is -2.39. The van der Waals surface area contributed by atoms with Crippen molar-refractivity contribution in [3.63, 3.8) is 0 Å². The van der Waals surface area contributed by atoms with Gasteiger partial charge in [-0.2, -0.15) is 0 Å². The number of fused-ring (bicyclic) bond motifs is 1. The molecule has 1 heterocycles. The molecule has 0 saturated carbocycles. The van der Waals surface area contributed by atoms with E-state index in [2.05, 4.69) is 26.1 Å². The third kappa shape index (κ3) is 4.75. The predicted octanol–water partition coefficient (Wildman–Crippen LogP) is 6.81. The first-order valence-electron chi connectivity index (χ1n) is 12.5. The van der Waals surface area contributed by atoms with Gasteiger partial charge in [0.05, 0.1) is 24.0 Å². The Hall–Kier alpha value is -3.08. The average Bonchev–Trinajstić information content (AvgIpc) is 2.93. The van der Waals surface area contributed by atoms with Crippen LogP contribution < -0.4 is 15.0 Å². The van der Waals surface area contributed by atoms with Crippen LogP contribution in [0.3, 0.4) is 0 Å². The van der Waals surface area contributed by atoms with Gasteiger partial charge in [-0.1, -0.05) is 63.9 Å². The van der Waals surface area contributed by atoms with E-state index in [1.54, 1.807) is 0 Å². The summed E-state index contributed by atoms with van der Waals surface area (Å²) in [6.45, 7) is 8.85. The number of nitrogens with one attached hydrogen (secondary N) is 1. The normalized spacial score (nSPS) is 19.1.